The largest absolute Gasteiger partial charge is 0.507 e. The third-order valence-corrected chi connectivity index (χ3v) is 3.90. The van der Waals surface area contributed by atoms with Crippen LogP contribution in [0.1, 0.15) is 27.0 Å². The first-order chi connectivity index (χ1) is 12.7. The van der Waals surface area contributed by atoms with Gasteiger partial charge in [0.15, 0.2) is 5.78 Å². The number of hydrogen-bond donors (Lipinski definition) is 1. The Morgan fingerprint density at radius 1 is 1.00 bits per heavy atom. The van der Waals surface area contributed by atoms with Crippen LogP contribution in [0.4, 0.5) is 8.78 Å². The Hall–Kier alpha value is -2.28. The van der Waals surface area contributed by atoms with Gasteiger partial charge in [0.1, 0.15) is 17.4 Å². The normalized spacial score (nSPS) is 11.3. The van der Waals surface area contributed by atoms with Crippen molar-refractivity contribution >= 4 is 24.3 Å². The van der Waals surface area contributed by atoms with E-state index >= 15 is 0 Å². The highest BCUT2D eigenvalue weighted by Crippen LogP contribution is 2.27. The predicted molar refractivity (Wildman–Crippen MR) is 110 cm³/mol. The van der Waals surface area contributed by atoms with Gasteiger partial charge in [-0.3, -0.25) is 4.79 Å². The van der Waals surface area contributed by atoms with Gasteiger partial charge in [-0.1, -0.05) is 0 Å². The molecule has 7 heteroatoms. The van der Waals surface area contributed by atoms with Gasteiger partial charge in [0.2, 0.25) is 0 Å². The molecule has 0 atom stereocenters. The van der Waals surface area contributed by atoms with Crippen molar-refractivity contribution in [1.82, 2.24) is 9.80 Å². The number of rotatable bonds is 7. The van der Waals surface area contributed by atoms with Crippen LogP contribution >= 0.6 is 12.4 Å². The summed E-state index contributed by atoms with van der Waals surface area (Å²) in [4.78, 5) is 16.4. The molecular weight excluding hydrogens is 386 g/mol. The van der Waals surface area contributed by atoms with E-state index in [4.69, 9.17) is 0 Å². The molecule has 0 bridgehead atoms. The molecule has 0 aliphatic rings. The number of halogens is 3. The van der Waals surface area contributed by atoms with Crippen LogP contribution < -0.4 is 0 Å². The quantitative estimate of drug-likeness (QED) is 0.551. The molecule has 4 nitrogen and oxygen atoms in total. The smallest absolute Gasteiger partial charge is 0.185 e. The summed E-state index contributed by atoms with van der Waals surface area (Å²) >= 11 is 0. The van der Waals surface area contributed by atoms with E-state index in [1.54, 1.807) is 12.1 Å². The zero-order valence-corrected chi connectivity index (χ0v) is 17.2. The van der Waals surface area contributed by atoms with E-state index in [1.807, 2.05) is 38.0 Å². The van der Waals surface area contributed by atoms with Gasteiger partial charge < -0.3 is 14.9 Å². The third kappa shape index (κ3) is 6.41. The molecule has 0 saturated heterocycles. The van der Waals surface area contributed by atoms with E-state index in [0.29, 0.717) is 29.8 Å². The zero-order valence-electron chi connectivity index (χ0n) is 16.4. The predicted octanol–water partition coefficient (Wildman–Crippen LogP) is 4.11. The fourth-order valence-electron chi connectivity index (χ4n) is 2.73. The van der Waals surface area contributed by atoms with Crippen LogP contribution in [0.15, 0.2) is 36.4 Å². The summed E-state index contributed by atoms with van der Waals surface area (Å²) in [5.74, 6) is -1.37. The summed E-state index contributed by atoms with van der Waals surface area (Å²) in [6, 6.07) is 6.33. The lowest BCUT2D eigenvalue weighted by molar-refractivity contribution is 0.104. The van der Waals surface area contributed by atoms with E-state index in [1.165, 1.54) is 12.2 Å². The van der Waals surface area contributed by atoms with Crippen molar-refractivity contribution in [2.45, 2.75) is 13.1 Å². The fourth-order valence-corrected chi connectivity index (χ4v) is 2.73. The Labute approximate surface area is 170 Å². The molecule has 28 heavy (non-hydrogen) atoms. The summed E-state index contributed by atoms with van der Waals surface area (Å²) in [5.41, 5.74) is 1.65. The Kier molecular flexibility index (Phi) is 8.75. The molecule has 0 unspecified atom stereocenters. The lowest BCUT2D eigenvalue weighted by atomic mass is 10.00. The van der Waals surface area contributed by atoms with Crippen LogP contribution in [-0.4, -0.2) is 48.9 Å². The maximum atomic E-state index is 13.7. The lowest BCUT2D eigenvalue weighted by Crippen LogP contribution is -2.15. The van der Waals surface area contributed by atoms with E-state index < -0.39 is 11.6 Å². The number of carbonyl (C=O) groups excluding carboxylic acids is 1. The second-order valence-electron chi connectivity index (χ2n) is 6.98. The van der Waals surface area contributed by atoms with Crippen molar-refractivity contribution in [3.8, 4) is 5.75 Å². The van der Waals surface area contributed by atoms with Crippen molar-refractivity contribution in [2.24, 2.45) is 0 Å². The first kappa shape index (κ1) is 23.8. The number of ketones is 1. The lowest BCUT2D eigenvalue weighted by Gasteiger charge is -2.17. The number of phenols is 1. The molecule has 0 aliphatic heterocycles. The number of phenolic OH excluding ortho intramolecular Hbond substituents is 1. The molecule has 2 rings (SSSR count). The minimum atomic E-state index is -0.604. The second kappa shape index (κ2) is 10.3. The van der Waals surface area contributed by atoms with Gasteiger partial charge in [-0.05, 0) is 70.7 Å². The van der Waals surface area contributed by atoms with Crippen LogP contribution in [0.25, 0.3) is 6.08 Å². The minimum Gasteiger partial charge on any atom is -0.507 e. The van der Waals surface area contributed by atoms with Crippen LogP contribution in [0.3, 0.4) is 0 Å². The zero-order chi connectivity index (χ0) is 20.1. The molecule has 0 saturated carbocycles. The molecule has 0 radical (unpaired) electrons. The molecule has 0 aromatic heterocycles. The molecule has 0 amide bonds. The van der Waals surface area contributed by atoms with Crippen molar-refractivity contribution in [1.29, 1.82) is 0 Å². The van der Waals surface area contributed by atoms with Crippen LogP contribution in [0.5, 0.6) is 5.75 Å². The monoisotopic (exact) mass is 410 g/mol. The number of nitrogens with zero attached hydrogens (tertiary/aromatic N) is 2. The van der Waals surface area contributed by atoms with Gasteiger partial charge in [-0.2, -0.15) is 0 Å². The van der Waals surface area contributed by atoms with Crippen molar-refractivity contribution in [3.63, 3.8) is 0 Å². The molecule has 2 aromatic carbocycles. The van der Waals surface area contributed by atoms with E-state index in [9.17, 15) is 18.7 Å². The van der Waals surface area contributed by atoms with E-state index in [2.05, 4.69) is 0 Å². The number of hydrogen-bond acceptors (Lipinski definition) is 4. The molecule has 2 aromatic rings. The Morgan fingerprint density at radius 2 is 1.54 bits per heavy atom. The first-order valence-electron chi connectivity index (χ1n) is 8.49. The molecule has 0 aliphatic carbocycles. The molecule has 0 spiro atoms. The summed E-state index contributed by atoms with van der Waals surface area (Å²) in [7, 11) is 7.47. The summed E-state index contributed by atoms with van der Waals surface area (Å²) in [6.45, 7) is 0.936. The molecular formula is C21H25ClF2N2O2. The first-order valence-corrected chi connectivity index (χ1v) is 8.49. The van der Waals surface area contributed by atoms with Gasteiger partial charge in [0.25, 0.3) is 0 Å². The summed E-state index contributed by atoms with van der Waals surface area (Å²) < 4.78 is 27.0. The Balaban J connectivity index is 0.00000392. The molecule has 0 heterocycles. The van der Waals surface area contributed by atoms with Gasteiger partial charge in [0, 0.05) is 35.3 Å². The van der Waals surface area contributed by atoms with Gasteiger partial charge in [-0.25, -0.2) is 8.78 Å². The molecule has 152 valence electrons. The molecule has 1 N–H and O–H groups in total. The SMILES string of the molecule is CN(C)Cc1cc(C(=O)/C=C/c2cc(F)ccc2F)cc(CN(C)C)c1O.Cl. The van der Waals surface area contributed by atoms with Crippen LogP contribution in [-0.2, 0) is 13.1 Å². The Bertz CT molecular complexity index is 836. The second-order valence-corrected chi connectivity index (χ2v) is 6.98. The van der Waals surface area contributed by atoms with Gasteiger partial charge >= 0.3 is 0 Å². The van der Waals surface area contributed by atoms with Crippen LogP contribution in [0.2, 0.25) is 0 Å². The number of aromatic hydroxyl groups is 1. The van der Waals surface area contributed by atoms with E-state index in [0.717, 1.165) is 18.2 Å². The summed E-state index contributed by atoms with van der Waals surface area (Å²) in [5, 5.41) is 10.5. The van der Waals surface area contributed by atoms with Crippen molar-refractivity contribution in [2.75, 3.05) is 28.2 Å². The highest BCUT2D eigenvalue weighted by Gasteiger charge is 2.14. The maximum Gasteiger partial charge on any atom is 0.185 e. The molecule has 0 fully saturated rings. The number of allylic oxidation sites excluding steroid dienone is 1. The Morgan fingerprint density at radius 3 is 2.04 bits per heavy atom. The minimum absolute atomic E-state index is 0. The van der Waals surface area contributed by atoms with Crippen LogP contribution in [0, 0.1) is 11.6 Å². The summed E-state index contributed by atoms with van der Waals surface area (Å²) in [6.07, 6.45) is 2.47. The highest BCUT2D eigenvalue weighted by atomic mass is 35.5. The standard InChI is InChI=1S/C21H24F2N2O2.ClH/c1-24(2)12-16-9-15(10-17(21(16)27)13-25(3)4)20(26)8-5-14-11-18(22)6-7-19(14)23;/h5-11,27H,12-13H2,1-4H3;1H/b8-5+;. The fraction of sp³-hybridized carbons (Fsp3) is 0.286. The van der Waals surface area contributed by atoms with Gasteiger partial charge in [0.05, 0.1) is 0 Å². The average molecular weight is 411 g/mol. The topological polar surface area (TPSA) is 43.8 Å². The maximum absolute atomic E-state index is 13.7. The van der Waals surface area contributed by atoms with Gasteiger partial charge in [-0.15, -0.1) is 12.4 Å². The van der Waals surface area contributed by atoms with E-state index in [-0.39, 0.29) is 29.5 Å². The number of carbonyl (C=O) groups is 1. The highest BCUT2D eigenvalue weighted by molar-refractivity contribution is 6.07. The third-order valence-electron chi connectivity index (χ3n) is 3.90. The average Bonchev–Trinajstić information content (AvgIpc) is 2.58. The van der Waals surface area contributed by atoms with Crippen molar-refractivity contribution < 1.29 is 18.7 Å². The van der Waals surface area contributed by atoms with Crippen molar-refractivity contribution in [3.05, 3.63) is 70.3 Å². The number of benzene rings is 2.